The van der Waals surface area contributed by atoms with E-state index in [1.165, 1.54) is 31.2 Å². The van der Waals surface area contributed by atoms with Crippen LogP contribution in [0.1, 0.15) is 50.6 Å². The fraction of sp³-hybridized carbons (Fsp3) is 0.647. The first-order chi connectivity index (χ1) is 9.88. The smallest absolute Gasteiger partial charge is 0.166 e. The summed E-state index contributed by atoms with van der Waals surface area (Å²) >= 11 is 0. The summed E-state index contributed by atoms with van der Waals surface area (Å²) in [7, 11) is 0. The second-order valence-electron chi connectivity index (χ2n) is 5.91. The highest BCUT2D eigenvalue weighted by molar-refractivity contribution is 5.49. The van der Waals surface area contributed by atoms with Gasteiger partial charge in [-0.1, -0.05) is 38.3 Å². The Balaban J connectivity index is 1.81. The van der Waals surface area contributed by atoms with E-state index >= 15 is 0 Å². The lowest BCUT2D eigenvalue weighted by Gasteiger charge is -2.32. The molecule has 3 rings (SSSR count). The molecule has 0 spiro atoms. The van der Waals surface area contributed by atoms with Crippen molar-refractivity contribution in [3.05, 3.63) is 23.8 Å². The third-order valence-corrected chi connectivity index (χ3v) is 4.41. The number of para-hydroxylation sites is 1. The van der Waals surface area contributed by atoms with Gasteiger partial charge in [0.05, 0.1) is 0 Å². The van der Waals surface area contributed by atoms with Gasteiger partial charge in [0.2, 0.25) is 0 Å². The summed E-state index contributed by atoms with van der Waals surface area (Å²) in [5.74, 6) is 2.75. The highest BCUT2D eigenvalue weighted by Gasteiger charge is 2.26. The molecule has 1 unspecified atom stereocenters. The summed E-state index contributed by atoms with van der Waals surface area (Å²) in [5.41, 5.74) is 1.28. The Labute approximate surface area is 121 Å². The third-order valence-electron chi connectivity index (χ3n) is 4.41. The predicted octanol–water partition coefficient (Wildman–Crippen LogP) is 3.69. The third kappa shape index (κ3) is 2.93. The largest absolute Gasteiger partial charge is 0.486 e. The molecule has 0 aromatic heterocycles. The molecule has 1 fully saturated rings. The van der Waals surface area contributed by atoms with E-state index in [0.29, 0.717) is 19.3 Å². The molecule has 0 radical (unpaired) electrons. The maximum Gasteiger partial charge on any atom is 0.166 e. The minimum atomic E-state index is 0.400. The predicted molar refractivity (Wildman–Crippen MR) is 80.4 cm³/mol. The van der Waals surface area contributed by atoms with Crippen LogP contribution in [0.25, 0.3) is 0 Å². The number of nitrogens with one attached hydrogen (secondary N) is 1. The average molecular weight is 275 g/mol. The summed E-state index contributed by atoms with van der Waals surface area (Å²) in [6.45, 7) is 4.59. The van der Waals surface area contributed by atoms with Crippen LogP contribution in [-0.2, 0) is 0 Å². The van der Waals surface area contributed by atoms with Gasteiger partial charge in [0.1, 0.15) is 13.2 Å². The monoisotopic (exact) mass is 275 g/mol. The Morgan fingerprint density at radius 3 is 2.85 bits per heavy atom. The van der Waals surface area contributed by atoms with E-state index in [2.05, 4.69) is 24.4 Å². The van der Waals surface area contributed by atoms with Gasteiger partial charge < -0.3 is 14.8 Å². The van der Waals surface area contributed by atoms with Crippen LogP contribution < -0.4 is 14.8 Å². The van der Waals surface area contributed by atoms with E-state index in [1.54, 1.807) is 0 Å². The van der Waals surface area contributed by atoms with Crippen molar-refractivity contribution in [3.8, 4) is 11.5 Å². The first-order valence-electron chi connectivity index (χ1n) is 8.00. The molecule has 1 aromatic rings. The Morgan fingerprint density at radius 1 is 1.25 bits per heavy atom. The Morgan fingerprint density at radius 2 is 2.10 bits per heavy atom. The standard InChI is InChI=1S/C17H25NO2/c1-2-9-18-15(12-13-5-3-6-13)14-7-4-8-16-17(14)20-11-10-19-16/h4,7-8,13,15,18H,2-3,5-6,9-12H2,1H3. The summed E-state index contributed by atoms with van der Waals surface area (Å²) in [4.78, 5) is 0. The van der Waals surface area contributed by atoms with Gasteiger partial charge in [-0.2, -0.15) is 0 Å². The fourth-order valence-electron chi connectivity index (χ4n) is 3.07. The topological polar surface area (TPSA) is 30.5 Å². The van der Waals surface area contributed by atoms with Crippen LogP contribution in [0.5, 0.6) is 11.5 Å². The fourth-order valence-corrected chi connectivity index (χ4v) is 3.07. The lowest BCUT2D eigenvalue weighted by Crippen LogP contribution is -2.28. The molecule has 1 heterocycles. The van der Waals surface area contributed by atoms with E-state index < -0.39 is 0 Å². The van der Waals surface area contributed by atoms with E-state index in [0.717, 1.165) is 30.4 Å². The van der Waals surface area contributed by atoms with Crippen LogP contribution in [0.2, 0.25) is 0 Å². The van der Waals surface area contributed by atoms with E-state index in [9.17, 15) is 0 Å². The van der Waals surface area contributed by atoms with Crippen molar-refractivity contribution >= 4 is 0 Å². The molecule has 0 saturated heterocycles. The van der Waals surface area contributed by atoms with Crippen LogP contribution in [0.15, 0.2) is 18.2 Å². The number of hydrogen-bond donors (Lipinski definition) is 1. The van der Waals surface area contributed by atoms with Gasteiger partial charge in [0.25, 0.3) is 0 Å². The number of fused-ring (bicyclic) bond motifs is 1. The van der Waals surface area contributed by atoms with Crippen molar-refractivity contribution in [1.82, 2.24) is 5.32 Å². The van der Waals surface area contributed by atoms with Crippen LogP contribution >= 0.6 is 0 Å². The zero-order valence-corrected chi connectivity index (χ0v) is 12.4. The van der Waals surface area contributed by atoms with Gasteiger partial charge in [-0.15, -0.1) is 0 Å². The minimum absolute atomic E-state index is 0.400. The molecule has 2 aliphatic rings. The van der Waals surface area contributed by atoms with Crippen molar-refractivity contribution in [3.63, 3.8) is 0 Å². The first-order valence-corrected chi connectivity index (χ1v) is 8.00. The van der Waals surface area contributed by atoms with E-state index in [1.807, 2.05) is 6.07 Å². The van der Waals surface area contributed by atoms with Crippen LogP contribution in [0.4, 0.5) is 0 Å². The van der Waals surface area contributed by atoms with Crippen molar-refractivity contribution in [1.29, 1.82) is 0 Å². The molecule has 0 bridgehead atoms. The Kier molecular flexibility index (Phi) is 4.46. The molecule has 1 N–H and O–H groups in total. The number of hydrogen-bond acceptors (Lipinski definition) is 3. The van der Waals surface area contributed by atoms with Crippen molar-refractivity contribution < 1.29 is 9.47 Å². The van der Waals surface area contributed by atoms with Gasteiger partial charge >= 0.3 is 0 Å². The van der Waals surface area contributed by atoms with Gasteiger partial charge in [-0.3, -0.25) is 0 Å². The minimum Gasteiger partial charge on any atom is -0.486 e. The van der Waals surface area contributed by atoms with Gasteiger partial charge in [0.15, 0.2) is 11.5 Å². The zero-order valence-electron chi connectivity index (χ0n) is 12.4. The second-order valence-corrected chi connectivity index (χ2v) is 5.91. The SMILES string of the molecule is CCCNC(CC1CCC1)c1cccc2c1OCCO2. The van der Waals surface area contributed by atoms with Gasteiger partial charge in [-0.05, 0) is 31.4 Å². The highest BCUT2D eigenvalue weighted by Crippen LogP contribution is 2.41. The van der Waals surface area contributed by atoms with E-state index in [4.69, 9.17) is 9.47 Å². The first kappa shape index (κ1) is 13.7. The lowest BCUT2D eigenvalue weighted by molar-refractivity contribution is 0.167. The lowest BCUT2D eigenvalue weighted by atomic mass is 9.79. The highest BCUT2D eigenvalue weighted by atomic mass is 16.6. The van der Waals surface area contributed by atoms with Crippen molar-refractivity contribution in [2.24, 2.45) is 5.92 Å². The number of ether oxygens (including phenoxy) is 2. The molecule has 0 amide bonds. The Hall–Kier alpha value is -1.22. The zero-order chi connectivity index (χ0) is 13.8. The summed E-state index contributed by atoms with van der Waals surface area (Å²) in [6, 6.07) is 6.69. The normalized spacial score (nSPS) is 19.4. The maximum atomic E-state index is 5.88. The van der Waals surface area contributed by atoms with Crippen LogP contribution in [-0.4, -0.2) is 19.8 Å². The molecule has 1 aliphatic heterocycles. The number of benzene rings is 1. The summed E-state index contributed by atoms with van der Waals surface area (Å²) in [5, 5.41) is 3.70. The molecule has 1 atom stereocenters. The van der Waals surface area contributed by atoms with Crippen molar-refractivity contribution in [2.45, 2.75) is 45.1 Å². The summed E-state index contributed by atoms with van der Waals surface area (Å²) < 4.78 is 11.6. The molecule has 110 valence electrons. The van der Waals surface area contributed by atoms with Crippen LogP contribution in [0.3, 0.4) is 0 Å². The molecular weight excluding hydrogens is 250 g/mol. The molecule has 20 heavy (non-hydrogen) atoms. The second kappa shape index (κ2) is 6.49. The molecule has 3 nitrogen and oxygen atoms in total. The molecule has 1 aliphatic carbocycles. The van der Waals surface area contributed by atoms with Gasteiger partial charge in [-0.25, -0.2) is 0 Å². The van der Waals surface area contributed by atoms with Gasteiger partial charge in [0, 0.05) is 11.6 Å². The summed E-state index contributed by atoms with van der Waals surface area (Å²) in [6.07, 6.45) is 6.55. The van der Waals surface area contributed by atoms with E-state index in [-0.39, 0.29) is 0 Å². The molecule has 1 saturated carbocycles. The molecule has 1 aromatic carbocycles. The average Bonchev–Trinajstić information content (AvgIpc) is 2.45. The van der Waals surface area contributed by atoms with Crippen LogP contribution in [0, 0.1) is 5.92 Å². The van der Waals surface area contributed by atoms with Crippen molar-refractivity contribution in [2.75, 3.05) is 19.8 Å². The molecule has 3 heteroatoms. The number of rotatable bonds is 6. The molecular formula is C17H25NO2. The quantitative estimate of drug-likeness (QED) is 0.859. The Bertz CT molecular complexity index is 443. The maximum absolute atomic E-state index is 5.88.